The zero-order chi connectivity index (χ0) is 19.6. The average molecular weight is 437 g/mol. The number of hydrogen-bond acceptors (Lipinski definition) is 5. The van der Waals surface area contributed by atoms with Gasteiger partial charge in [0.25, 0.3) is 11.8 Å². The zero-order valence-electron chi connectivity index (χ0n) is 15.1. The van der Waals surface area contributed by atoms with Crippen LogP contribution < -0.4 is 20.3 Å². The molecule has 0 saturated heterocycles. The predicted octanol–water partition coefficient (Wildman–Crippen LogP) is 2.62. The molecule has 0 unspecified atom stereocenters. The first-order chi connectivity index (χ1) is 13.0. The number of carbonyl (C=O) groups is 2. The lowest BCUT2D eigenvalue weighted by atomic mass is 10.2. The number of hydrogen-bond donors (Lipinski definition) is 2. The van der Waals surface area contributed by atoms with E-state index in [4.69, 9.17) is 14.2 Å². The van der Waals surface area contributed by atoms with Crippen LogP contribution in [-0.4, -0.2) is 38.7 Å². The van der Waals surface area contributed by atoms with Crippen molar-refractivity contribution in [2.45, 2.75) is 6.92 Å². The summed E-state index contributed by atoms with van der Waals surface area (Å²) in [4.78, 5) is 24.2. The lowest BCUT2D eigenvalue weighted by molar-refractivity contribution is -0.123. The fraction of sp³-hybridized carbons (Fsp3) is 0.263. The Morgan fingerprint density at radius 2 is 1.74 bits per heavy atom. The number of methoxy groups -OCH3 is 1. The third-order valence-corrected chi connectivity index (χ3v) is 3.93. The highest BCUT2D eigenvalue weighted by Gasteiger charge is 2.14. The van der Waals surface area contributed by atoms with Crippen molar-refractivity contribution in [1.29, 1.82) is 0 Å². The molecule has 2 N–H and O–H groups in total. The third-order valence-electron chi connectivity index (χ3n) is 3.44. The summed E-state index contributed by atoms with van der Waals surface area (Å²) < 4.78 is 16.5. The maximum absolute atomic E-state index is 12.4. The molecule has 0 aliphatic rings. The number of ether oxygens (including phenoxy) is 3. The number of halogens is 1. The molecule has 0 aliphatic carbocycles. The van der Waals surface area contributed by atoms with Crippen molar-refractivity contribution in [3.05, 3.63) is 58.1 Å². The molecule has 144 valence electrons. The van der Waals surface area contributed by atoms with Crippen molar-refractivity contribution in [2.75, 3.05) is 26.9 Å². The molecule has 0 aromatic heterocycles. The topological polar surface area (TPSA) is 85.9 Å². The van der Waals surface area contributed by atoms with Crippen LogP contribution in [0.1, 0.15) is 15.9 Å². The molecule has 0 heterocycles. The molecule has 2 rings (SSSR count). The van der Waals surface area contributed by atoms with Crippen LogP contribution >= 0.6 is 15.9 Å². The molecule has 0 spiro atoms. The van der Waals surface area contributed by atoms with Gasteiger partial charge in [0.2, 0.25) is 0 Å². The maximum atomic E-state index is 12.4. The van der Waals surface area contributed by atoms with Crippen molar-refractivity contribution in [3.8, 4) is 11.5 Å². The van der Waals surface area contributed by atoms with E-state index in [9.17, 15) is 9.59 Å². The fourth-order valence-corrected chi connectivity index (χ4v) is 2.41. The molecule has 0 aliphatic heterocycles. The van der Waals surface area contributed by atoms with E-state index in [2.05, 4.69) is 26.8 Å². The third kappa shape index (κ3) is 6.92. The molecule has 2 aromatic rings. The van der Waals surface area contributed by atoms with Crippen LogP contribution in [0.5, 0.6) is 11.5 Å². The van der Waals surface area contributed by atoms with Crippen LogP contribution in [0.25, 0.3) is 0 Å². The number of carbonyl (C=O) groups excluding carboxylic acids is 2. The van der Waals surface area contributed by atoms with Crippen LogP contribution in [0.15, 0.2) is 46.9 Å². The van der Waals surface area contributed by atoms with Crippen LogP contribution in [0.3, 0.4) is 0 Å². The van der Waals surface area contributed by atoms with Crippen LogP contribution in [0.4, 0.5) is 0 Å². The first-order valence-corrected chi connectivity index (χ1v) is 8.99. The number of aryl methyl sites for hydroxylation is 1. The van der Waals surface area contributed by atoms with Gasteiger partial charge in [-0.05, 0) is 37.3 Å². The molecule has 27 heavy (non-hydrogen) atoms. The SMILES string of the molecule is COCCOc1ccc(Br)cc1C(=O)NNC(=O)COc1ccc(C)cc1. The predicted molar refractivity (Wildman–Crippen MR) is 104 cm³/mol. The normalized spacial score (nSPS) is 10.2. The number of rotatable bonds is 8. The van der Waals surface area contributed by atoms with Gasteiger partial charge >= 0.3 is 0 Å². The minimum atomic E-state index is -0.507. The van der Waals surface area contributed by atoms with E-state index in [1.165, 1.54) is 0 Å². The summed E-state index contributed by atoms with van der Waals surface area (Å²) >= 11 is 3.31. The van der Waals surface area contributed by atoms with Crippen molar-refractivity contribution < 1.29 is 23.8 Å². The van der Waals surface area contributed by atoms with E-state index < -0.39 is 11.8 Å². The second-order valence-corrected chi connectivity index (χ2v) is 6.50. The second-order valence-electron chi connectivity index (χ2n) is 5.59. The number of nitrogens with one attached hydrogen (secondary N) is 2. The Hall–Kier alpha value is -2.58. The Kier molecular flexibility index (Phi) is 8.09. The van der Waals surface area contributed by atoms with Crippen molar-refractivity contribution in [1.82, 2.24) is 10.9 Å². The molecule has 0 saturated carbocycles. The van der Waals surface area contributed by atoms with Gasteiger partial charge in [-0.3, -0.25) is 20.4 Å². The van der Waals surface area contributed by atoms with Gasteiger partial charge in [0.05, 0.1) is 12.2 Å². The summed E-state index contributed by atoms with van der Waals surface area (Å²) in [6, 6.07) is 12.3. The van der Waals surface area contributed by atoms with Gasteiger partial charge in [0.1, 0.15) is 18.1 Å². The van der Waals surface area contributed by atoms with Crippen LogP contribution in [0, 0.1) is 6.92 Å². The van der Waals surface area contributed by atoms with Gasteiger partial charge in [-0.15, -0.1) is 0 Å². The molecule has 0 bridgehead atoms. The van der Waals surface area contributed by atoms with Crippen molar-refractivity contribution in [3.63, 3.8) is 0 Å². The summed E-state index contributed by atoms with van der Waals surface area (Å²) in [5, 5.41) is 0. The first kappa shape index (κ1) is 20.7. The molecule has 7 nitrogen and oxygen atoms in total. The van der Waals surface area contributed by atoms with Gasteiger partial charge in [0, 0.05) is 11.6 Å². The van der Waals surface area contributed by atoms with Crippen LogP contribution in [-0.2, 0) is 9.53 Å². The minimum absolute atomic E-state index is 0.223. The van der Waals surface area contributed by atoms with Gasteiger partial charge < -0.3 is 14.2 Å². The molecule has 0 atom stereocenters. The second kappa shape index (κ2) is 10.5. The monoisotopic (exact) mass is 436 g/mol. The highest BCUT2D eigenvalue weighted by molar-refractivity contribution is 9.10. The van der Waals surface area contributed by atoms with Crippen molar-refractivity contribution in [2.24, 2.45) is 0 Å². The largest absolute Gasteiger partial charge is 0.490 e. The molecule has 2 amide bonds. The number of amides is 2. The Balaban J connectivity index is 1.87. The summed E-state index contributed by atoms with van der Waals surface area (Å²) in [6.45, 7) is 2.43. The van der Waals surface area contributed by atoms with E-state index in [1.807, 2.05) is 19.1 Å². The van der Waals surface area contributed by atoms with E-state index >= 15 is 0 Å². The summed E-state index contributed by atoms with van der Waals surface area (Å²) in [5.41, 5.74) is 6.04. The molecule has 0 radical (unpaired) electrons. The van der Waals surface area contributed by atoms with Gasteiger partial charge in [-0.2, -0.15) is 0 Å². The molecular weight excluding hydrogens is 416 g/mol. The minimum Gasteiger partial charge on any atom is -0.490 e. The van der Waals surface area contributed by atoms with Gasteiger partial charge in [-0.1, -0.05) is 33.6 Å². The summed E-state index contributed by atoms with van der Waals surface area (Å²) in [7, 11) is 1.56. The molecule has 2 aromatic carbocycles. The highest BCUT2D eigenvalue weighted by Crippen LogP contribution is 2.23. The van der Waals surface area contributed by atoms with Crippen molar-refractivity contribution >= 4 is 27.7 Å². The summed E-state index contributed by atoms with van der Waals surface area (Å²) in [6.07, 6.45) is 0. The van der Waals surface area contributed by atoms with E-state index in [0.29, 0.717) is 29.2 Å². The van der Waals surface area contributed by atoms with E-state index in [0.717, 1.165) is 5.56 Å². The standard InChI is InChI=1S/C19H21BrN2O5/c1-13-3-6-15(7-4-13)27-12-18(23)21-22-19(24)16-11-14(20)5-8-17(16)26-10-9-25-2/h3-8,11H,9-10,12H2,1-2H3,(H,21,23)(H,22,24). The van der Waals surface area contributed by atoms with E-state index in [1.54, 1.807) is 37.4 Å². The van der Waals surface area contributed by atoms with Gasteiger partial charge in [-0.25, -0.2) is 0 Å². The fourth-order valence-electron chi connectivity index (χ4n) is 2.05. The first-order valence-electron chi connectivity index (χ1n) is 8.19. The number of hydrazine groups is 1. The quantitative estimate of drug-likeness (QED) is 0.490. The lowest BCUT2D eigenvalue weighted by Crippen LogP contribution is -2.44. The average Bonchev–Trinajstić information content (AvgIpc) is 2.67. The van der Waals surface area contributed by atoms with E-state index in [-0.39, 0.29) is 12.2 Å². The Bertz CT molecular complexity index is 780. The smallest absolute Gasteiger partial charge is 0.276 e. The van der Waals surface area contributed by atoms with Crippen LogP contribution in [0.2, 0.25) is 0 Å². The molecular formula is C19H21BrN2O5. The van der Waals surface area contributed by atoms with Gasteiger partial charge in [0.15, 0.2) is 6.61 Å². The number of benzene rings is 2. The zero-order valence-corrected chi connectivity index (χ0v) is 16.7. The molecule has 8 heteroatoms. The Morgan fingerprint density at radius 1 is 1.00 bits per heavy atom. The lowest BCUT2D eigenvalue weighted by Gasteiger charge is -2.13. The maximum Gasteiger partial charge on any atom is 0.276 e. The Morgan fingerprint density at radius 3 is 2.44 bits per heavy atom. The molecule has 0 fully saturated rings. The Labute approximate surface area is 166 Å². The summed E-state index contributed by atoms with van der Waals surface area (Å²) in [5.74, 6) is -0.0334. The highest BCUT2D eigenvalue weighted by atomic mass is 79.9.